The molecular weight excluding hydrogens is 258 g/mol. The molecule has 1 aliphatic rings. The van der Waals surface area contributed by atoms with Crippen molar-refractivity contribution in [3.63, 3.8) is 0 Å². The van der Waals surface area contributed by atoms with Gasteiger partial charge in [-0.05, 0) is 37.0 Å². The van der Waals surface area contributed by atoms with Crippen LogP contribution in [0.25, 0.3) is 0 Å². The number of hydrogen-bond acceptors (Lipinski definition) is 3. The molecule has 2 unspecified atom stereocenters. The maximum absolute atomic E-state index is 12.1. The summed E-state index contributed by atoms with van der Waals surface area (Å²) in [5, 5.41) is 20.8. The minimum atomic E-state index is -0.810. The average Bonchev–Trinajstić information content (AvgIpc) is 2.48. The summed E-state index contributed by atoms with van der Waals surface area (Å²) in [6, 6.07) is 6.97. The van der Waals surface area contributed by atoms with Crippen LogP contribution in [0.15, 0.2) is 24.3 Å². The van der Waals surface area contributed by atoms with E-state index in [1.165, 1.54) is 0 Å². The molecule has 1 aliphatic carbocycles. The van der Waals surface area contributed by atoms with Crippen molar-refractivity contribution in [2.75, 3.05) is 5.32 Å². The number of nitrogens with one attached hydrogen (secondary N) is 1. The average molecular weight is 277 g/mol. The normalized spacial score (nSPS) is 22.2. The summed E-state index contributed by atoms with van der Waals surface area (Å²) in [5.41, 5.74) is 1.45. The summed E-state index contributed by atoms with van der Waals surface area (Å²) in [6.45, 7) is -0.0306. The maximum Gasteiger partial charge on any atom is 0.306 e. The summed E-state index contributed by atoms with van der Waals surface area (Å²) >= 11 is 0. The minimum Gasteiger partial charge on any atom is -0.481 e. The Morgan fingerprint density at radius 1 is 1.15 bits per heavy atom. The van der Waals surface area contributed by atoms with E-state index >= 15 is 0 Å². The van der Waals surface area contributed by atoms with Crippen LogP contribution in [-0.4, -0.2) is 22.1 Å². The number of aliphatic carboxylic acids is 1. The lowest BCUT2D eigenvalue weighted by Gasteiger charge is -2.25. The molecule has 0 heterocycles. The van der Waals surface area contributed by atoms with Crippen LogP contribution in [0.2, 0.25) is 0 Å². The van der Waals surface area contributed by atoms with Crippen LogP contribution < -0.4 is 5.32 Å². The van der Waals surface area contributed by atoms with Gasteiger partial charge in [0.1, 0.15) is 0 Å². The molecule has 0 spiro atoms. The van der Waals surface area contributed by atoms with Gasteiger partial charge < -0.3 is 15.5 Å². The van der Waals surface area contributed by atoms with Crippen LogP contribution in [-0.2, 0) is 16.2 Å². The highest BCUT2D eigenvalue weighted by atomic mass is 16.4. The first-order valence-electron chi connectivity index (χ1n) is 6.83. The van der Waals surface area contributed by atoms with E-state index < -0.39 is 11.9 Å². The van der Waals surface area contributed by atoms with Crippen LogP contribution in [0.1, 0.15) is 31.2 Å². The first-order valence-corrected chi connectivity index (χ1v) is 6.83. The van der Waals surface area contributed by atoms with Crippen molar-refractivity contribution in [2.45, 2.75) is 32.3 Å². The van der Waals surface area contributed by atoms with Crippen molar-refractivity contribution in [2.24, 2.45) is 11.8 Å². The van der Waals surface area contributed by atoms with E-state index in [0.717, 1.165) is 18.4 Å². The van der Waals surface area contributed by atoms with E-state index in [1.54, 1.807) is 24.3 Å². The zero-order valence-corrected chi connectivity index (χ0v) is 11.2. The first-order chi connectivity index (χ1) is 9.60. The molecule has 5 nitrogen and oxygen atoms in total. The Labute approximate surface area is 117 Å². The fraction of sp³-hybridized carbons (Fsp3) is 0.467. The highest BCUT2D eigenvalue weighted by Crippen LogP contribution is 2.30. The third kappa shape index (κ3) is 3.57. The molecule has 0 radical (unpaired) electrons. The zero-order valence-electron chi connectivity index (χ0n) is 11.2. The van der Waals surface area contributed by atoms with Gasteiger partial charge in [0.25, 0.3) is 0 Å². The summed E-state index contributed by atoms with van der Waals surface area (Å²) < 4.78 is 0. The molecule has 2 atom stereocenters. The Hall–Kier alpha value is -1.88. The lowest BCUT2D eigenvalue weighted by Crippen LogP contribution is -2.30. The summed E-state index contributed by atoms with van der Waals surface area (Å²) in [4.78, 5) is 23.1. The number of carboxylic acids is 1. The van der Waals surface area contributed by atoms with E-state index in [2.05, 4.69) is 5.32 Å². The number of benzene rings is 1. The zero-order chi connectivity index (χ0) is 14.5. The molecule has 2 rings (SSSR count). The van der Waals surface area contributed by atoms with Gasteiger partial charge >= 0.3 is 5.97 Å². The number of hydrogen-bond donors (Lipinski definition) is 3. The number of rotatable bonds is 4. The monoisotopic (exact) mass is 277 g/mol. The fourth-order valence-corrected chi connectivity index (χ4v) is 2.59. The molecule has 108 valence electrons. The fourth-order valence-electron chi connectivity index (χ4n) is 2.59. The van der Waals surface area contributed by atoms with Crippen LogP contribution in [0.4, 0.5) is 5.69 Å². The summed E-state index contributed by atoms with van der Waals surface area (Å²) in [6.07, 6.45) is 2.59. The van der Waals surface area contributed by atoms with Crippen molar-refractivity contribution < 1.29 is 19.8 Å². The third-order valence-corrected chi connectivity index (χ3v) is 3.80. The lowest BCUT2D eigenvalue weighted by molar-refractivity contribution is -0.143. The Morgan fingerprint density at radius 2 is 1.80 bits per heavy atom. The number of anilines is 1. The Kier molecular flexibility index (Phi) is 4.74. The second kappa shape index (κ2) is 6.52. The van der Waals surface area contributed by atoms with Gasteiger partial charge in [0.05, 0.1) is 12.5 Å². The minimum absolute atomic E-state index is 0.0306. The molecule has 0 aliphatic heterocycles. The first kappa shape index (κ1) is 14.5. The molecule has 3 N–H and O–H groups in total. The molecule has 1 saturated carbocycles. The maximum atomic E-state index is 12.1. The van der Waals surface area contributed by atoms with E-state index in [0.29, 0.717) is 18.5 Å². The smallest absolute Gasteiger partial charge is 0.306 e. The van der Waals surface area contributed by atoms with Crippen LogP contribution in [0.5, 0.6) is 0 Å². The predicted octanol–water partition coefficient (Wildman–Crippen LogP) is 2.01. The van der Waals surface area contributed by atoms with Gasteiger partial charge in [-0.2, -0.15) is 0 Å². The number of carbonyl (C=O) groups excluding carboxylic acids is 1. The highest BCUT2D eigenvalue weighted by molar-refractivity contribution is 5.93. The Bertz CT molecular complexity index is 483. The topological polar surface area (TPSA) is 86.6 Å². The summed E-state index contributed by atoms with van der Waals surface area (Å²) in [5.74, 6) is -1.57. The van der Waals surface area contributed by atoms with Gasteiger partial charge in [-0.15, -0.1) is 0 Å². The standard InChI is InChI=1S/C15H19NO4/c17-9-10-4-6-13(7-5-10)16-14(18)11-2-1-3-12(8-11)15(19)20/h4-7,11-12,17H,1-3,8-9H2,(H,16,18)(H,19,20). The summed E-state index contributed by atoms with van der Waals surface area (Å²) in [7, 11) is 0. The van der Waals surface area contributed by atoms with Crippen LogP contribution in [0.3, 0.4) is 0 Å². The van der Waals surface area contributed by atoms with E-state index in [9.17, 15) is 9.59 Å². The molecule has 1 aromatic rings. The quantitative estimate of drug-likeness (QED) is 0.785. The predicted molar refractivity (Wildman–Crippen MR) is 74.1 cm³/mol. The molecule has 1 aromatic carbocycles. The molecular formula is C15H19NO4. The van der Waals surface area contributed by atoms with E-state index in [-0.39, 0.29) is 18.4 Å². The van der Waals surface area contributed by atoms with Crippen molar-refractivity contribution in [1.29, 1.82) is 0 Å². The second-order valence-electron chi connectivity index (χ2n) is 5.24. The molecule has 1 amide bonds. The number of aliphatic hydroxyl groups excluding tert-OH is 1. The molecule has 1 fully saturated rings. The van der Waals surface area contributed by atoms with Crippen LogP contribution >= 0.6 is 0 Å². The van der Waals surface area contributed by atoms with Gasteiger partial charge in [0.2, 0.25) is 5.91 Å². The number of amides is 1. The Balaban J connectivity index is 1.95. The Morgan fingerprint density at radius 3 is 2.40 bits per heavy atom. The van der Waals surface area contributed by atoms with Crippen molar-refractivity contribution in [1.82, 2.24) is 0 Å². The van der Waals surface area contributed by atoms with Gasteiger partial charge in [0.15, 0.2) is 0 Å². The largest absolute Gasteiger partial charge is 0.481 e. The molecule has 20 heavy (non-hydrogen) atoms. The van der Waals surface area contributed by atoms with E-state index in [1.807, 2.05) is 0 Å². The molecule has 0 bridgehead atoms. The van der Waals surface area contributed by atoms with Crippen LogP contribution in [0, 0.1) is 11.8 Å². The van der Waals surface area contributed by atoms with E-state index in [4.69, 9.17) is 10.2 Å². The number of carboxylic acid groups (broad SMARTS) is 1. The molecule has 5 heteroatoms. The highest BCUT2D eigenvalue weighted by Gasteiger charge is 2.30. The van der Waals surface area contributed by atoms with Gasteiger partial charge in [0, 0.05) is 11.6 Å². The number of carbonyl (C=O) groups is 2. The molecule has 0 aromatic heterocycles. The van der Waals surface area contributed by atoms with Gasteiger partial charge in [-0.25, -0.2) is 0 Å². The van der Waals surface area contributed by atoms with Crippen molar-refractivity contribution in [3.8, 4) is 0 Å². The molecule has 0 saturated heterocycles. The van der Waals surface area contributed by atoms with Gasteiger partial charge in [-0.3, -0.25) is 9.59 Å². The van der Waals surface area contributed by atoms with Crippen molar-refractivity contribution in [3.05, 3.63) is 29.8 Å². The third-order valence-electron chi connectivity index (χ3n) is 3.80. The lowest BCUT2D eigenvalue weighted by atomic mass is 9.81. The second-order valence-corrected chi connectivity index (χ2v) is 5.24. The number of aliphatic hydroxyl groups is 1. The van der Waals surface area contributed by atoms with Gasteiger partial charge in [-0.1, -0.05) is 18.6 Å². The van der Waals surface area contributed by atoms with Crippen molar-refractivity contribution >= 4 is 17.6 Å². The SMILES string of the molecule is O=C(O)C1CCCC(C(=O)Nc2ccc(CO)cc2)C1.